The van der Waals surface area contributed by atoms with Gasteiger partial charge in [0.05, 0.1) is 25.5 Å². The lowest BCUT2D eigenvalue weighted by Gasteiger charge is -2.12. The van der Waals surface area contributed by atoms with E-state index in [1.165, 1.54) is 0 Å². The maximum absolute atomic E-state index is 12.0. The Balaban J connectivity index is 1.68. The summed E-state index contributed by atoms with van der Waals surface area (Å²) in [6, 6.07) is 14.4. The molecule has 0 spiro atoms. The van der Waals surface area contributed by atoms with E-state index in [-0.39, 0.29) is 13.0 Å². The molecule has 156 valence electrons. The lowest BCUT2D eigenvalue weighted by atomic mass is 10.3. The summed E-state index contributed by atoms with van der Waals surface area (Å²) in [5.41, 5.74) is 0.539. The second-order valence-corrected chi connectivity index (χ2v) is 5.97. The Bertz CT molecular complexity index is 792. The first-order valence-corrected chi connectivity index (χ1v) is 9.66. The Hall–Kier alpha value is -3.22. The van der Waals surface area contributed by atoms with Gasteiger partial charge < -0.3 is 24.3 Å². The van der Waals surface area contributed by atoms with Crippen LogP contribution in [0.25, 0.3) is 0 Å². The van der Waals surface area contributed by atoms with Crippen LogP contribution in [0.15, 0.2) is 48.5 Å². The number of amides is 1. The third kappa shape index (κ3) is 7.73. The highest BCUT2D eigenvalue weighted by molar-refractivity contribution is 5.94. The molecule has 0 unspecified atom stereocenters. The number of hydrogen-bond acceptors (Lipinski definition) is 6. The first-order chi connectivity index (χ1) is 14.1. The maximum atomic E-state index is 12.0. The number of esters is 1. The van der Waals surface area contributed by atoms with Crippen LogP contribution >= 0.6 is 0 Å². The summed E-state index contributed by atoms with van der Waals surface area (Å²) in [5.74, 6) is 0.989. The average Bonchev–Trinajstić information content (AvgIpc) is 2.72. The number of carbonyl (C=O) groups excluding carboxylic acids is 2. The largest absolute Gasteiger partial charge is 0.492 e. The van der Waals surface area contributed by atoms with Crippen molar-refractivity contribution in [2.45, 2.75) is 26.7 Å². The summed E-state index contributed by atoms with van der Waals surface area (Å²) in [6.07, 6.45) is 0.619. The van der Waals surface area contributed by atoms with Crippen LogP contribution in [0, 0.1) is 0 Å². The van der Waals surface area contributed by atoms with Crippen molar-refractivity contribution in [2.75, 3.05) is 31.7 Å². The molecule has 0 bridgehead atoms. The molecule has 1 N–H and O–H groups in total. The van der Waals surface area contributed by atoms with Crippen LogP contribution in [-0.2, 0) is 14.3 Å². The van der Waals surface area contributed by atoms with Gasteiger partial charge in [0.15, 0.2) is 18.1 Å². The van der Waals surface area contributed by atoms with Crippen molar-refractivity contribution in [1.29, 1.82) is 0 Å². The highest BCUT2D eigenvalue weighted by Gasteiger charge is 2.11. The van der Waals surface area contributed by atoms with Crippen molar-refractivity contribution in [3.8, 4) is 17.2 Å². The van der Waals surface area contributed by atoms with E-state index in [4.69, 9.17) is 18.9 Å². The van der Waals surface area contributed by atoms with E-state index in [0.717, 1.165) is 0 Å². The molecule has 0 saturated carbocycles. The van der Waals surface area contributed by atoms with Crippen LogP contribution in [0.2, 0.25) is 0 Å². The standard InChI is InChI=1S/C22H27NO6/c1-3-26-18-11-6-5-10-17(18)23-21(24)16-29-22(25)14-9-15-28-20-13-8-7-12-19(20)27-4-2/h5-8,10-13H,3-4,9,14-16H2,1-2H3,(H,23,24). The van der Waals surface area contributed by atoms with E-state index >= 15 is 0 Å². The molecule has 7 heteroatoms. The monoisotopic (exact) mass is 401 g/mol. The lowest BCUT2D eigenvalue weighted by molar-refractivity contribution is -0.147. The average molecular weight is 401 g/mol. The van der Waals surface area contributed by atoms with Crippen molar-refractivity contribution in [1.82, 2.24) is 0 Å². The molecule has 1 amide bonds. The molecule has 0 fully saturated rings. The lowest BCUT2D eigenvalue weighted by Crippen LogP contribution is -2.21. The fraction of sp³-hybridized carbons (Fsp3) is 0.364. The zero-order chi connectivity index (χ0) is 20.9. The van der Waals surface area contributed by atoms with Crippen LogP contribution in [0.3, 0.4) is 0 Å². The molecule has 0 heterocycles. The van der Waals surface area contributed by atoms with Crippen LogP contribution in [0.5, 0.6) is 17.2 Å². The third-order valence-electron chi connectivity index (χ3n) is 3.76. The zero-order valence-electron chi connectivity index (χ0n) is 16.8. The molecule has 0 aliphatic heterocycles. The molecule has 7 nitrogen and oxygen atoms in total. The van der Waals surface area contributed by atoms with Gasteiger partial charge >= 0.3 is 5.97 Å². The van der Waals surface area contributed by atoms with Crippen LogP contribution in [0.1, 0.15) is 26.7 Å². The van der Waals surface area contributed by atoms with Gasteiger partial charge in [0.1, 0.15) is 5.75 Å². The normalized spacial score (nSPS) is 10.1. The van der Waals surface area contributed by atoms with Crippen LogP contribution in [-0.4, -0.2) is 38.3 Å². The zero-order valence-corrected chi connectivity index (χ0v) is 16.8. The number of rotatable bonds is 12. The number of carbonyl (C=O) groups is 2. The van der Waals surface area contributed by atoms with E-state index in [9.17, 15) is 9.59 Å². The van der Waals surface area contributed by atoms with Gasteiger partial charge in [0.25, 0.3) is 5.91 Å². The highest BCUT2D eigenvalue weighted by atomic mass is 16.5. The van der Waals surface area contributed by atoms with Crippen molar-refractivity contribution in [3.05, 3.63) is 48.5 Å². The number of anilines is 1. The maximum Gasteiger partial charge on any atom is 0.306 e. The molecule has 0 aliphatic carbocycles. The Morgan fingerprint density at radius 3 is 2.10 bits per heavy atom. The third-order valence-corrected chi connectivity index (χ3v) is 3.76. The summed E-state index contributed by atoms with van der Waals surface area (Å²) >= 11 is 0. The minimum absolute atomic E-state index is 0.152. The molecule has 0 atom stereocenters. The van der Waals surface area contributed by atoms with E-state index < -0.39 is 11.9 Å². The van der Waals surface area contributed by atoms with Gasteiger partial charge in [-0.1, -0.05) is 24.3 Å². The smallest absolute Gasteiger partial charge is 0.306 e. The Kier molecular flexibility index (Phi) is 9.35. The summed E-state index contributed by atoms with van der Waals surface area (Å²) in [7, 11) is 0. The number of ether oxygens (including phenoxy) is 4. The summed E-state index contributed by atoms with van der Waals surface area (Å²) in [4.78, 5) is 23.8. The predicted molar refractivity (Wildman–Crippen MR) is 110 cm³/mol. The van der Waals surface area contributed by atoms with Crippen molar-refractivity contribution in [3.63, 3.8) is 0 Å². The van der Waals surface area contributed by atoms with Crippen molar-refractivity contribution >= 4 is 17.6 Å². The first kappa shape index (κ1) is 22.1. The van der Waals surface area contributed by atoms with E-state index in [1.54, 1.807) is 18.2 Å². The van der Waals surface area contributed by atoms with Gasteiger partial charge in [0, 0.05) is 6.42 Å². The molecular formula is C22H27NO6. The van der Waals surface area contributed by atoms with Gasteiger partial charge in [-0.05, 0) is 44.5 Å². The van der Waals surface area contributed by atoms with Gasteiger partial charge in [-0.3, -0.25) is 9.59 Å². The second kappa shape index (κ2) is 12.3. The molecule has 0 aromatic heterocycles. The Morgan fingerprint density at radius 1 is 0.828 bits per heavy atom. The molecule has 2 rings (SSSR count). The fourth-order valence-electron chi connectivity index (χ4n) is 2.50. The molecule has 29 heavy (non-hydrogen) atoms. The molecule has 2 aromatic carbocycles. The summed E-state index contributed by atoms with van der Waals surface area (Å²) in [6.45, 7) is 4.78. The number of hydrogen-bond donors (Lipinski definition) is 1. The van der Waals surface area contributed by atoms with E-state index in [2.05, 4.69) is 5.32 Å². The van der Waals surface area contributed by atoms with Crippen LogP contribution < -0.4 is 19.5 Å². The summed E-state index contributed by atoms with van der Waals surface area (Å²) in [5, 5.41) is 2.68. The topological polar surface area (TPSA) is 83.1 Å². The van der Waals surface area contributed by atoms with Gasteiger partial charge in [-0.25, -0.2) is 0 Å². The number of para-hydroxylation sites is 4. The molecule has 0 saturated heterocycles. The predicted octanol–water partition coefficient (Wildman–Crippen LogP) is 3.82. The van der Waals surface area contributed by atoms with Gasteiger partial charge in [-0.2, -0.15) is 0 Å². The van der Waals surface area contributed by atoms with Gasteiger partial charge in [0.2, 0.25) is 0 Å². The van der Waals surface area contributed by atoms with E-state index in [0.29, 0.717) is 49.2 Å². The fourth-order valence-corrected chi connectivity index (χ4v) is 2.50. The molecule has 0 radical (unpaired) electrons. The first-order valence-electron chi connectivity index (χ1n) is 9.66. The van der Waals surface area contributed by atoms with E-state index in [1.807, 2.05) is 44.2 Å². The SMILES string of the molecule is CCOc1ccccc1NC(=O)COC(=O)CCCOc1ccccc1OCC. The minimum atomic E-state index is -0.458. The molecule has 0 aliphatic rings. The Morgan fingerprint density at radius 2 is 1.41 bits per heavy atom. The molecular weight excluding hydrogens is 374 g/mol. The van der Waals surface area contributed by atoms with Crippen molar-refractivity contribution < 1.29 is 28.5 Å². The van der Waals surface area contributed by atoms with Crippen LogP contribution in [0.4, 0.5) is 5.69 Å². The minimum Gasteiger partial charge on any atom is -0.492 e. The van der Waals surface area contributed by atoms with Gasteiger partial charge in [-0.15, -0.1) is 0 Å². The quantitative estimate of drug-likeness (QED) is 0.430. The second-order valence-electron chi connectivity index (χ2n) is 5.97. The highest BCUT2D eigenvalue weighted by Crippen LogP contribution is 2.26. The molecule has 2 aromatic rings. The summed E-state index contributed by atoms with van der Waals surface area (Å²) < 4.78 is 21.6. The number of nitrogens with one attached hydrogen (secondary N) is 1. The number of benzene rings is 2. The van der Waals surface area contributed by atoms with Crippen molar-refractivity contribution in [2.24, 2.45) is 0 Å². The Labute approximate surface area is 170 Å².